The van der Waals surface area contributed by atoms with E-state index < -0.39 is 6.04 Å². The van der Waals surface area contributed by atoms with E-state index in [2.05, 4.69) is 20.7 Å². The van der Waals surface area contributed by atoms with Crippen molar-refractivity contribution < 1.29 is 14.3 Å². The molecule has 9 heteroatoms. The van der Waals surface area contributed by atoms with Gasteiger partial charge in [-0.25, -0.2) is 4.68 Å². The van der Waals surface area contributed by atoms with Crippen LogP contribution in [0.4, 0.5) is 11.6 Å². The molecule has 0 saturated heterocycles. The van der Waals surface area contributed by atoms with E-state index >= 15 is 0 Å². The number of halogens is 1. The number of carbonyl (C=O) groups excluding carboxylic acids is 2. The van der Waals surface area contributed by atoms with Gasteiger partial charge in [-0.1, -0.05) is 23.7 Å². The molecule has 1 aliphatic rings. The first-order chi connectivity index (χ1) is 14.4. The molecule has 8 nitrogen and oxygen atoms in total. The Bertz CT molecular complexity index is 1130. The number of ether oxygens (including phenoxy) is 1. The highest BCUT2D eigenvalue weighted by Crippen LogP contribution is 2.35. The maximum atomic E-state index is 12.5. The zero-order chi connectivity index (χ0) is 21.3. The smallest absolute Gasteiger partial charge is 0.262 e. The molecule has 3 aromatic rings. The minimum Gasteiger partial charge on any atom is -0.483 e. The van der Waals surface area contributed by atoms with Gasteiger partial charge >= 0.3 is 0 Å². The van der Waals surface area contributed by atoms with Crippen molar-refractivity contribution in [1.82, 2.24) is 14.8 Å². The zero-order valence-electron chi connectivity index (χ0n) is 16.5. The van der Waals surface area contributed by atoms with E-state index in [1.165, 1.54) is 6.33 Å². The number of nitrogens with zero attached hydrogens (tertiary/aromatic N) is 3. The fourth-order valence-corrected chi connectivity index (χ4v) is 3.54. The Morgan fingerprint density at radius 2 is 2.13 bits per heavy atom. The number of aryl methyl sites for hydroxylation is 2. The Balaban J connectivity index is 1.54. The molecule has 2 heterocycles. The van der Waals surface area contributed by atoms with Crippen LogP contribution in [0.3, 0.4) is 0 Å². The molecule has 2 aromatic carbocycles. The highest BCUT2D eigenvalue weighted by Gasteiger charge is 2.30. The van der Waals surface area contributed by atoms with Crippen molar-refractivity contribution in [2.45, 2.75) is 26.3 Å². The van der Waals surface area contributed by atoms with Crippen molar-refractivity contribution in [3.05, 3.63) is 64.4 Å². The summed E-state index contributed by atoms with van der Waals surface area (Å²) in [5.74, 6) is 0.345. The second-order valence-electron chi connectivity index (χ2n) is 7.13. The van der Waals surface area contributed by atoms with Crippen LogP contribution >= 0.6 is 11.6 Å². The molecule has 0 fully saturated rings. The maximum Gasteiger partial charge on any atom is 0.262 e. The third kappa shape index (κ3) is 4.13. The van der Waals surface area contributed by atoms with E-state index in [1.807, 2.05) is 32.0 Å². The van der Waals surface area contributed by atoms with Gasteiger partial charge < -0.3 is 10.1 Å². The third-order valence-corrected chi connectivity index (χ3v) is 5.09. The summed E-state index contributed by atoms with van der Waals surface area (Å²) in [5.41, 5.74) is 3.42. The third-order valence-electron chi connectivity index (χ3n) is 4.86. The molecule has 0 saturated carbocycles. The molecular weight excluding hydrogens is 406 g/mol. The molecule has 1 aromatic heterocycles. The quantitative estimate of drug-likeness (QED) is 0.652. The van der Waals surface area contributed by atoms with Gasteiger partial charge in [0.05, 0.1) is 12.5 Å². The van der Waals surface area contributed by atoms with Gasteiger partial charge in [-0.2, -0.15) is 10.1 Å². The van der Waals surface area contributed by atoms with Crippen molar-refractivity contribution in [3.63, 3.8) is 0 Å². The van der Waals surface area contributed by atoms with Gasteiger partial charge in [-0.15, -0.1) is 0 Å². The monoisotopic (exact) mass is 425 g/mol. The van der Waals surface area contributed by atoms with E-state index in [-0.39, 0.29) is 24.8 Å². The van der Waals surface area contributed by atoms with Crippen molar-refractivity contribution in [2.24, 2.45) is 0 Å². The number of nitrogens with one attached hydrogen (secondary N) is 2. The van der Waals surface area contributed by atoms with Crippen molar-refractivity contribution >= 4 is 35.1 Å². The molecule has 0 aliphatic carbocycles. The lowest BCUT2D eigenvalue weighted by atomic mass is 10.0. The van der Waals surface area contributed by atoms with Crippen molar-refractivity contribution in [2.75, 3.05) is 17.2 Å². The molecule has 1 aliphatic heterocycles. The minimum atomic E-state index is -0.438. The summed E-state index contributed by atoms with van der Waals surface area (Å²) in [6.07, 6.45) is 1.53. The van der Waals surface area contributed by atoms with Crippen LogP contribution in [0.25, 0.3) is 0 Å². The van der Waals surface area contributed by atoms with E-state index in [9.17, 15) is 9.59 Å². The first kappa shape index (κ1) is 19.9. The summed E-state index contributed by atoms with van der Waals surface area (Å²) in [6.45, 7) is 3.70. The van der Waals surface area contributed by atoms with Gasteiger partial charge in [0.15, 0.2) is 6.61 Å². The van der Waals surface area contributed by atoms with Gasteiger partial charge in [0, 0.05) is 16.3 Å². The molecule has 30 heavy (non-hydrogen) atoms. The first-order valence-electron chi connectivity index (χ1n) is 9.39. The van der Waals surface area contributed by atoms with Gasteiger partial charge in [0.1, 0.15) is 12.1 Å². The van der Waals surface area contributed by atoms with Gasteiger partial charge in [0.25, 0.3) is 5.91 Å². The molecule has 2 N–H and O–H groups in total. The van der Waals surface area contributed by atoms with E-state index in [0.717, 1.165) is 16.8 Å². The average Bonchev–Trinajstić information content (AvgIpc) is 3.17. The van der Waals surface area contributed by atoms with Crippen LogP contribution in [0.15, 0.2) is 42.7 Å². The lowest BCUT2D eigenvalue weighted by molar-refractivity contribution is -0.118. The van der Waals surface area contributed by atoms with E-state index in [0.29, 0.717) is 22.3 Å². The summed E-state index contributed by atoms with van der Waals surface area (Å²) in [6, 6.07) is 10.5. The molecular formula is C21H20ClN5O3. The molecule has 0 bridgehead atoms. The van der Waals surface area contributed by atoms with Crippen LogP contribution in [0.1, 0.15) is 29.2 Å². The summed E-state index contributed by atoms with van der Waals surface area (Å²) in [7, 11) is 0. The Hall–Kier alpha value is -3.39. The number of benzene rings is 2. The molecule has 2 amide bonds. The van der Waals surface area contributed by atoms with Crippen LogP contribution in [0.2, 0.25) is 5.02 Å². The second-order valence-corrected chi connectivity index (χ2v) is 7.57. The molecule has 0 unspecified atom stereocenters. The zero-order valence-corrected chi connectivity index (χ0v) is 17.2. The molecule has 154 valence electrons. The number of rotatable bonds is 5. The Labute approximate surface area is 178 Å². The van der Waals surface area contributed by atoms with Crippen molar-refractivity contribution in [1.29, 1.82) is 0 Å². The number of fused-ring (bicyclic) bond motifs is 1. The summed E-state index contributed by atoms with van der Waals surface area (Å²) < 4.78 is 7.42. The second kappa shape index (κ2) is 8.16. The average molecular weight is 426 g/mol. The van der Waals surface area contributed by atoms with Gasteiger partial charge in [-0.05, 0) is 49.2 Å². The Morgan fingerprint density at radius 3 is 2.97 bits per heavy atom. The highest BCUT2D eigenvalue weighted by atomic mass is 35.5. The molecule has 1 atom stereocenters. The molecule has 4 rings (SSSR count). The summed E-state index contributed by atoms with van der Waals surface area (Å²) >= 11 is 6.20. The fourth-order valence-electron chi connectivity index (χ4n) is 3.36. The number of aromatic nitrogens is 3. The van der Waals surface area contributed by atoms with Gasteiger partial charge in [-0.3, -0.25) is 14.9 Å². The number of anilines is 2. The Kier molecular flexibility index (Phi) is 5.41. The summed E-state index contributed by atoms with van der Waals surface area (Å²) in [5, 5.41) is 10.2. The molecule has 0 spiro atoms. The lowest BCUT2D eigenvalue weighted by Gasteiger charge is -2.25. The van der Waals surface area contributed by atoms with Crippen LogP contribution in [-0.4, -0.2) is 33.2 Å². The summed E-state index contributed by atoms with van der Waals surface area (Å²) in [4.78, 5) is 28.6. The van der Waals surface area contributed by atoms with Crippen LogP contribution in [-0.2, 0) is 9.59 Å². The normalized spacial score (nSPS) is 15.3. The van der Waals surface area contributed by atoms with E-state index in [4.69, 9.17) is 16.3 Å². The standard InChI is InChI=1S/C21H20ClN5O3/c1-12-3-4-13(2)16(7-12)25-20(29)10-30-18-6-5-14(22)8-15(18)17-9-19(28)26-21-23-11-24-27(17)21/h3-8,11,17H,9-10H2,1-2H3,(H,25,29)(H,23,24,26,28)/t17-/m0/s1. The number of amides is 2. The predicted molar refractivity (Wildman–Crippen MR) is 113 cm³/mol. The lowest BCUT2D eigenvalue weighted by Crippen LogP contribution is -2.30. The molecule has 0 radical (unpaired) electrons. The fraction of sp³-hybridized carbons (Fsp3) is 0.238. The number of hydrogen-bond acceptors (Lipinski definition) is 5. The number of carbonyl (C=O) groups is 2. The van der Waals surface area contributed by atoms with Gasteiger partial charge in [0.2, 0.25) is 11.9 Å². The maximum absolute atomic E-state index is 12.5. The van der Waals surface area contributed by atoms with Crippen LogP contribution in [0.5, 0.6) is 5.75 Å². The number of hydrogen-bond donors (Lipinski definition) is 2. The minimum absolute atomic E-state index is 0.155. The van der Waals surface area contributed by atoms with Crippen LogP contribution < -0.4 is 15.4 Å². The largest absolute Gasteiger partial charge is 0.483 e. The topological polar surface area (TPSA) is 98.1 Å². The predicted octanol–water partition coefficient (Wildman–Crippen LogP) is 3.50. The Morgan fingerprint density at radius 1 is 1.30 bits per heavy atom. The first-order valence-corrected chi connectivity index (χ1v) is 9.77. The SMILES string of the molecule is Cc1ccc(C)c(NC(=O)COc2ccc(Cl)cc2[C@@H]2CC(=O)Nc3ncnn32)c1. The van der Waals surface area contributed by atoms with Crippen molar-refractivity contribution in [3.8, 4) is 5.75 Å². The van der Waals surface area contributed by atoms with E-state index in [1.54, 1.807) is 22.9 Å². The van der Waals surface area contributed by atoms with Crippen LogP contribution in [0, 0.1) is 13.8 Å². The highest BCUT2D eigenvalue weighted by molar-refractivity contribution is 6.30.